The van der Waals surface area contributed by atoms with Crippen LogP contribution in [-0.4, -0.2) is 23.9 Å². The van der Waals surface area contributed by atoms with Crippen molar-refractivity contribution >= 4 is 23.2 Å². The van der Waals surface area contributed by atoms with Crippen LogP contribution in [0.1, 0.15) is 30.5 Å². The van der Waals surface area contributed by atoms with Crippen LogP contribution in [0.15, 0.2) is 42.5 Å². The third kappa shape index (κ3) is 3.77. The lowest BCUT2D eigenvalue weighted by atomic mass is 9.93. The summed E-state index contributed by atoms with van der Waals surface area (Å²) in [5.41, 5.74) is 2.84. The lowest BCUT2D eigenvalue weighted by Crippen LogP contribution is -2.36. The molecule has 1 unspecified atom stereocenters. The third-order valence-corrected chi connectivity index (χ3v) is 4.88. The van der Waals surface area contributed by atoms with Crippen LogP contribution in [0.25, 0.3) is 0 Å². The summed E-state index contributed by atoms with van der Waals surface area (Å²) in [5.74, 6) is -0.278. The molecule has 0 spiro atoms. The summed E-state index contributed by atoms with van der Waals surface area (Å²) in [4.78, 5) is 14.4. The summed E-state index contributed by atoms with van der Waals surface area (Å²) in [7, 11) is 0. The molecule has 5 heteroatoms. The number of hydrogen-bond acceptors (Lipinski definition) is 2. The zero-order valence-corrected chi connectivity index (χ0v) is 14.3. The zero-order valence-electron chi connectivity index (χ0n) is 13.6. The quantitative estimate of drug-likeness (QED) is 0.888. The Morgan fingerprint density at radius 2 is 2.12 bits per heavy atom. The smallest absolute Gasteiger partial charge is 0.225 e. The number of benzene rings is 2. The maximum Gasteiger partial charge on any atom is 0.225 e. The average molecular weight is 347 g/mol. The van der Waals surface area contributed by atoms with Gasteiger partial charge < -0.3 is 5.32 Å². The molecule has 1 heterocycles. The van der Waals surface area contributed by atoms with Gasteiger partial charge >= 0.3 is 0 Å². The molecule has 0 aromatic heterocycles. The number of anilines is 1. The molecule has 0 saturated heterocycles. The normalized spacial score (nSPS) is 17.4. The topological polar surface area (TPSA) is 32.3 Å². The fraction of sp³-hybridized carbons (Fsp3) is 0.316. The molecular weight excluding hydrogens is 327 g/mol. The van der Waals surface area contributed by atoms with Crippen LogP contribution in [0, 0.1) is 5.82 Å². The van der Waals surface area contributed by atoms with Gasteiger partial charge in [0.05, 0.1) is 10.7 Å². The van der Waals surface area contributed by atoms with Gasteiger partial charge in [0.1, 0.15) is 5.82 Å². The van der Waals surface area contributed by atoms with Crippen molar-refractivity contribution in [1.29, 1.82) is 0 Å². The zero-order chi connectivity index (χ0) is 17.1. The summed E-state index contributed by atoms with van der Waals surface area (Å²) >= 11 is 6.05. The van der Waals surface area contributed by atoms with E-state index in [-0.39, 0.29) is 17.8 Å². The van der Waals surface area contributed by atoms with E-state index in [4.69, 9.17) is 11.6 Å². The second-order valence-corrected chi connectivity index (χ2v) is 6.49. The number of fused-ring (bicyclic) bond motifs is 1. The molecule has 0 aliphatic carbocycles. The van der Waals surface area contributed by atoms with Gasteiger partial charge in [-0.05, 0) is 48.7 Å². The van der Waals surface area contributed by atoms with Crippen molar-refractivity contribution in [3.05, 3.63) is 64.4 Å². The lowest BCUT2D eigenvalue weighted by Gasteiger charge is -2.35. The van der Waals surface area contributed by atoms with Gasteiger partial charge in [-0.1, -0.05) is 29.8 Å². The van der Waals surface area contributed by atoms with E-state index >= 15 is 0 Å². The molecule has 126 valence electrons. The van der Waals surface area contributed by atoms with Gasteiger partial charge in [0.25, 0.3) is 0 Å². The number of carbonyl (C=O) groups is 1. The van der Waals surface area contributed by atoms with Crippen LogP contribution in [-0.2, 0) is 11.2 Å². The molecule has 3 nitrogen and oxygen atoms in total. The number of para-hydroxylation sites is 1. The van der Waals surface area contributed by atoms with Crippen molar-refractivity contribution in [2.75, 3.05) is 18.4 Å². The van der Waals surface area contributed by atoms with Crippen LogP contribution in [0.4, 0.5) is 10.1 Å². The van der Waals surface area contributed by atoms with Gasteiger partial charge in [-0.25, -0.2) is 4.39 Å². The SMILES string of the molecule is CC1c2cc(F)ccc2CCN1CCC(=O)Nc1ccccc1Cl. The van der Waals surface area contributed by atoms with Crippen LogP contribution in [0.3, 0.4) is 0 Å². The molecule has 2 aromatic carbocycles. The Labute approximate surface area is 146 Å². The van der Waals surface area contributed by atoms with Crippen molar-refractivity contribution < 1.29 is 9.18 Å². The Morgan fingerprint density at radius 1 is 1.33 bits per heavy atom. The van der Waals surface area contributed by atoms with E-state index in [0.717, 1.165) is 18.5 Å². The van der Waals surface area contributed by atoms with Crippen molar-refractivity contribution in [1.82, 2.24) is 4.90 Å². The summed E-state index contributed by atoms with van der Waals surface area (Å²) in [6.45, 7) is 3.57. The van der Waals surface area contributed by atoms with Gasteiger partial charge in [0.15, 0.2) is 0 Å². The van der Waals surface area contributed by atoms with E-state index in [0.29, 0.717) is 23.7 Å². The van der Waals surface area contributed by atoms with Crippen LogP contribution in [0.5, 0.6) is 0 Å². The van der Waals surface area contributed by atoms with Gasteiger partial charge in [-0.3, -0.25) is 9.69 Å². The minimum absolute atomic E-state index is 0.0691. The summed E-state index contributed by atoms with van der Waals surface area (Å²) in [5, 5.41) is 3.36. The molecule has 1 N–H and O–H groups in total. The molecule has 2 aromatic rings. The number of halogens is 2. The largest absolute Gasteiger partial charge is 0.325 e. The first-order chi connectivity index (χ1) is 11.5. The number of nitrogens with one attached hydrogen (secondary N) is 1. The summed E-state index contributed by atoms with van der Waals surface area (Å²) in [6, 6.07) is 12.3. The number of amides is 1. The highest BCUT2D eigenvalue weighted by molar-refractivity contribution is 6.33. The molecule has 0 radical (unpaired) electrons. The highest BCUT2D eigenvalue weighted by atomic mass is 35.5. The van der Waals surface area contributed by atoms with Gasteiger partial charge in [0.2, 0.25) is 5.91 Å². The molecule has 1 amide bonds. The molecular formula is C19H20ClFN2O. The van der Waals surface area contributed by atoms with Crippen LogP contribution < -0.4 is 5.32 Å². The fourth-order valence-electron chi connectivity index (χ4n) is 3.16. The van der Waals surface area contributed by atoms with E-state index < -0.39 is 0 Å². The second-order valence-electron chi connectivity index (χ2n) is 6.08. The van der Waals surface area contributed by atoms with Crippen molar-refractivity contribution in [2.24, 2.45) is 0 Å². The minimum Gasteiger partial charge on any atom is -0.325 e. The van der Waals surface area contributed by atoms with E-state index in [1.807, 2.05) is 18.2 Å². The highest BCUT2D eigenvalue weighted by Crippen LogP contribution is 2.30. The molecule has 0 saturated carbocycles. The van der Waals surface area contributed by atoms with Crippen LogP contribution in [0.2, 0.25) is 5.02 Å². The first kappa shape index (κ1) is 16.9. The van der Waals surface area contributed by atoms with Crippen molar-refractivity contribution in [3.63, 3.8) is 0 Å². The standard InChI is InChI=1S/C19H20ClFN2O/c1-13-16-12-15(21)7-6-14(16)8-10-23(13)11-9-19(24)22-18-5-3-2-4-17(18)20/h2-7,12-13H,8-11H2,1H3,(H,22,24). The Hall–Kier alpha value is -1.91. The monoisotopic (exact) mass is 346 g/mol. The molecule has 1 aliphatic heterocycles. The predicted octanol–water partition coefficient (Wildman–Crippen LogP) is 4.43. The molecule has 0 fully saturated rings. The van der Waals surface area contributed by atoms with E-state index in [1.165, 1.54) is 11.6 Å². The third-order valence-electron chi connectivity index (χ3n) is 4.55. The fourth-order valence-corrected chi connectivity index (χ4v) is 3.35. The Bertz CT molecular complexity index is 750. The lowest BCUT2D eigenvalue weighted by molar-refractivity contribution is -0.116. The Kier molecular flexibility index (Phi) is 5.17. The van der Waals surface area contributed by atoms with Crippen molar-refractivity contribution in [2.45, 2.75) is 25.8 Å². The van der Waals surface area contributed by atoms with Gasteiger partial charge in [-0.2, -0.15) is 0 Å². The molecule has 24 heavy (non-hydrogen) atoms. The number of nitrogens with zero attached hydrogens (tertiary/aromatic N) is 1. The number of rotatable bonds is 4. The van der Waals surface area contributed by atoms with Gasteiger partial charge in [-0.15, -0.1) is 0 Å². The molecule has 1 aliphatic rings. The number of carbonyl (C=O) groups excluding carboxylic acids is 1. The van der Waals surface area contributed by atoms with E-state index in [2.05, 4.69) is 17.1 Å². The molecule has 0 bridgehead atoms. The van der Waals surface area contributed by atoms with E-state index in [1.54, 1.807) is 18.2 Å². The Morgan fingerprint density at radius 3 is 2.92 bits per heavy atom. The Balaban J connectivity index is 1.59. The maximum absolute atomic E-state index is 13.5. The average Bonchev–Trinajstić information content (AvgIpc) is 2.57. The first-order valence-corrected chi connectivity index (χ1v) is 8.49. The first-order valence-electron chi connectivity index (χ1n) is 8.11. The minimum atomic E-state index is -0.209. The maximum atomic E-state index is 13.5. The predicted molar refractivity (Wildman–Crippen MR) is 94.8 cm³/mol. The molecule has 3 rings (SSSR count). The highest BCUT2D eigenvalue weighted by Gasteiger charge is 2.24. The summed E-state index contributed by atoms with van der Waals surface area (Å²) < 4.78 is 13.5. The molecule has 1 atom stereocenters. The van der Waals surface area contributed by atoms with Crippen molar-refractivity contribution in [3.8, 4) is 0 Å². The van der Waals surface area contributed by atoms with Gasteiger partial charge in [0, 0.05) is 25.6 Å². The van der Waals surface area contributed by atoms with E-state index in [9.17, 15) is 9.18 Å². The summed E-state index contributed by atoms with van der Waals surface area (Å²) in [6.07, 6.45) is 1.26. The number of hydrogen-bond donors (Lipinski definition) is 1. The van der Waals surface area contributed by atoms with Crippen LogP contribution >= 0.6 is 11.6 Å². The second kappa shape index (κ2) is 7.32.